The van der Waals surface area contributed by atoms with Gasteiger partial charge in [0.2, 0.25) is 0 Å². The van der Waals surface area contributed by atoms with E-state index in [0.717, 1.165) is 95.6 Å². The fraction of sp³-hybridized carbons (Fsp3) is 0.0152. The molecule has 0 atom stereocenters. The van der Waals surface area contributed by atoms with E-state index in [0.29, 0.717) is 0 Å². The molecule has 0 saturated heterocycles. The Labute approximate surface area is 405 Å². The van der Waals surface area contributed by atoms with E-state index < -0.39 is 5.41 Å². The van der Waals surface area contributed by atoms with E-state index in [-0.39, 0.29) is 0 Å². The number of para-hydroxylation sites is 3. The van der Waals surface area contributed by atoms with Crippen molar-refractivity contribution in [2.45, 2.75) is 5.41 Å². The highest BCUT2D eigenvalue weighted by Gasteiger charge is 2.54. The van der Waals surface area contributed by atoms with Gasteiger partial charge in [-0.3, -0.25) is 0 Å². The molecule has 0 fully saturated rings. The molecule has 1 aliphatic heterocycles. The molecule has 326 valence electrons. The number of hydrogen-bond donors (Lipinski definition) is 0. The fourth-order valence-corrected chi connectivity index (χ4v) is 11.9. The van der Waals surface area contributed by atoms with Gasteiger partial charge < -0.3 is 14.0 Å². The van der Waals surface area contributed by atoms with Gasteiger partial charge in [-0.15, -0.1) is 0 Å². The van der Waals surface area contributed by atoms with E-state index >= 15 is 0 Å². The van der Waals surface area contributed by atoms with Gasteiger partial charge in [-0.2, -0.15) is 0 Å². The van der Waals surface area contributed by atoms with Gasteiger partial charge in [0.1, 0.15) is 0 Å². The average Bonchev–Trinajstić information content (AvgIpc) is 4.05. The Balaban J connectivity index is 0.891. The molecule has 4 nitrogen and oxygen atoms in total. The third-order valence-corrected chi connectivity index (χ3v) is 14.9. The lowest BCUT2D eigenvalue weighted by molar-refractivity contribution is 0.354. The minimum atomic E-state index is -0.642. The van der Waals surface area contributed by atoms with Gasteiger partial charge in [0.05, 0.1) is 27.8 Å². The van der Waals surface area contributed by atoms with Gasteiger partial charge in [-0.05, 0) is 128 Å². The summed E-state index contributed by atoms with van der Waals surface area (Å²) >= 11 is 0. The van der Waals surface area contributed by atoms with Crippen LogP contribution in [0.4, 0.5) is 0 Å². The van der Waals surface area contributed by atoms with Crippen LogP contribution in [0.5, 0.6) is 23.0 Å². The number of aromatic nitrogens is 2. The Bertz CT molecular complexity index is 4030. The highest BCUT2D eigenvalue weighted by Crippen LogP contribution is 2.67. The third kappa shape index (κ3) is 5.56. The molecule has 70 heavy (non-hydrogen) atoms. The second kappa shape index (κ2) is 14.9. The summed E-state index contributed by atoms with van der Waals surface area (Å²) in [7, 11) is 0. The first-order valence-electron chi connectivity index (χ1n) is 23.9. The third-order valence-electron chi connectivity index (χ3n) is 14.9. The molecule has 12 aromatic rings. The lowest BCUT2D eigenvalue weighted by atomic mass is 9.70. The minimum Gasteiger partial charge on any atom is -0.450 e. The molecule has 0 amide bonds. The summed E-state index contributed by atoms with van der Waals surface area (Å²) in [6.07, 6.45) is 0. The van der Waals surface area contributed by atoms with Crippen molar-refractivity contribution in [1.29, 1.82) is 0 Å². The van der Waals surface area contributed by atoms with Crippen LogP contribution in [-0.4, -0.2) is 9.55 Å². The second-order valence-corrected chi connectivity index (χ2v) is 18.6. The number of nitrogens with zero attached hydrogens (tertiary/aromatic N) is 2. The maximum Gasteiger partial charge on any atom is 0.175 e. The van der Waals surface area contributed by atoms with Gasteiger partial charge in [0.15, 0.2) is 23.0 Å². The van der Waals surface area contributed by atoms with Crippen molar-refractivity contribution < 1.29 is 9.47 Å². The quantitative estimate of drug-likeness (QED) is 0.173. The van der Waals surface area contributed by atoms with Gasteiger partial charge in [0.25, 0.3) is 0 Å². The topological polar surface area (TPSA) is 36.3 Å². The fourth-order valence-electron chi connectivity index (χ4n) is 11.9. The van der Waals surface area contributed by atoms with Gasteiger partial charge in [0, 0.05) is 33.2 Å². The Morgan fingerprint density at radius 1 is 0.329 bits per heavy atom. The van der Waals surface area contributed by atoms with Crippen LogP contribution in [0.2, 0.25) is 0 Å². The van der Waals surface area contributed by atoms with E-state index in [1.54, 1.807) is 0 Å². The summed E-state index contributed by atoms with van der Waals surface area (Å²) in [5.41, 5.74) is 21.1. The van der Waals surface area contributed by atoms with Crippen LogP contribution < -0.4 is 9.47 Å². The van der Waals surface area contributed by atoms with Crippen LogP contribution in [0.15, 0.2) is 243 Å². The molecular formula is C66H40N2O2. The molecule has 0 saturated carbocycles. The zero-order valence-corrected chi connectivity index (χ0v) is 37.8. The summed E-state index contributed by atoms with van der Waals surface area (Å²) in [4.78, 5) is 5.29. The Morgan fingerprint density at radius 2 is 0.914 bits per heavy atom. The normalized spacial score (nSPS) is 13.2. The van der Waals surface area contributed by atoms with Crippen LogP contribution in [-0.2, 0) is 5.41 Å². The largest absolute Gasteiger partial charge is 0.450 e. The molecule has 0 radical (unpaired) electrons. The first-order valence-corrected chi connectivity index (χ1v) is 23.9. The Hall–Kier alpha value is -9.25. The molecule has 2 aromatic heterocycles. The van der Waals surface area contributed by atoms with Crippen molar-refractivity contribution in [3.63, 3.8) is 0 Å². The maximum atomic E-state index is 6.96. The van der Waals surface area contributed by atoms with E-state index in [9.17, 15) is 0 Å². The summed E-state index contributed by atoms with van der Waals surface area (Å²) < 4.78 is 16.0. The molecule has 3 aliphatic rings. The highest BCUT2D eigenvalue weighted by molar-refractivity contribution is 6.11. The average molecular weight is 893 g/mol. The monoisotopic (exact) mass is 892 g/mol. The molecular weight excluding hydrogens is 853 g/mol. The Morgan fingerprint density at radius 3 is 1.70 bits per heavy atom. The highest BCUT2D eigenvalue weighted by atomic mass is 16.6. The lowest BCUT2D eigenvalue weighted by Gasteiger charge is -2.33. The number of benzene rings is 10. The summed E-state index contributed by atoms with van der Waals surface area (Å²) in [5, 5.41) is 2.40. The zero-order valence-electron chi connectivity index (χ0n) is 37.8. The molecule has 4 heteroatoms. The summed E-state index contributed by atoms with van der Waals surface area (Å²) in [6.45, 7) is 0. The van der Waals surface area contributed by atoms with Gasteiger partial charge in [-0.1, -0.05) is 176 Å². The molecule has 3 heterocycles. The standard InChI is InChI=1S/C66H40N2O2/c1-3-16-41(17-4-1)46-39-57(42-18-5-2-6-19-42)67-58(40-46)45-20-15-21-47(36-45)68-59-27-12-9-24-51(59)53-37-43(31-34-60(53)68)44-30-32-50-52-33-35-63-65(70-62-29-14-13-28-61(62)69-63)64(52)66(56(50)38-44)54-25-10-7-22-48(54)49-23-8-11-26-55(49)66/h1-40H. The predicted molar refractivity (Wildman–Crippen MR) is 283 cm³/mol. The summed E-state index contributed by atoms with van der Waals surface area (Å²) in [6, 6.07) is 87.2. The van der Waals surface area contributed by atoms with Crippen molar-refractivity contribution in [1.82, 2.24) is 9.55 Å². The van der Waals surface area contributed by atoms with Gasteiger partial charge >= 0.3 is 0 Å². The van der Waals surface area contributed by atoms with Crippen LogP contribution in [0.1, 0.15) is 22.3 Å². The van der Waals surface area contributed by atoms with Gasteiger partial charge in [-0.25, -0.2) is 4.98 Å². The molecule has 1 spiro atoms. The number of fused-ring (bicyclic) bond motifs is 16. The molecule has 2 aliphatic carbocycles. The smallest absolute Gasteiger partial charge is 0.175 e. The first-order chi connectivity index (χ1) is 34.7. The van der Waals surface area contributed by atoms with E-state index in [2.05, 4.69) is 223 Å². The van der Waals surface area contributed by atoms with Crippen LogP contribution in [0.25, 0.3) is 94.5 Å². The first kappa shape index (κ1) is 38.8. The van der Waals surface area contributed by atoms with Crippen molar-refractivity contribution in [2.24, 2.45) is 0 Å². The predicted octanol–water partition coefficient (Wildman–Crippen LogP) is 17.1. The van der Waals surface area contributed by atoms with E-state index in [1.807, 2.05) is 24.3 Å². The Kier molecular flexibility index (Phi) is 8.25. The number of rotatable bonds is 5. The number of pyridine rings is 1. The number of hydrogen-bond acceptors (Lipinski definition) is 3. The van der Waals surface area contributed by atoms with Crippen LogP contribution >= 0.6 is 0 Å². The molecule has 10 aromatic carbocycles. The van der Waals surface area contributed by atoms with Crippen LogP contribution in [0, 0.1) is 0 Å². The second-order valence-electron chi connectivity index (χ2n) is 18.6. The van der Waals surface area contributed by atoms with E-state index in [4.69, 9.17) is 14.5 Å². The SMILES string of the molecule is c1ccc(-c2cc(-c3ccccc3)nc(-c3cccc(-n4c5ccccc5c5cc(-c6ccc7c(c6)C6(c8ccccc8-c8ccccc86)c6c-7ccc7c6Oc6ccccc6O7)ccc54)c3)c2)cc1. The minimum absolute atomic E-state index is 0.642. The molecule has 15 rings (SSSR count). The lowest BCUT2D eigenvalue weighted by Crippen LogP contribution is -2.27. The van der Waals surface area contributed by atoms with Crippen molar-refractivity contribution in [3.8, 4) is 95.7 Å². The van der Waals surface area contributed by atoms with Crippen LogP contribution in [0.3, 0.4) is 0 Å². The van der Waals surface area contributed by atoms with Crippen molar-refractivity contribution in [3.05, 3.63) is 265 Å². The zero-order chi connectivity index (χ0) is 45.9. The van der Waals surface area contributed by atoms with Crippen molar-refractivity contribution in [2.75, 3.05) is 0 Å². The van der Waals surface area contributed by atoms with E-state index in [1.165, 1.54) is 44.2 Å². The molecule has 0 unspecified atom stereocenters. The summed E-state index contributed by atoms with van der Waals surface area (Å²) in [5.74, 6) is 2.95. The maximum absolute atomic E-state index is 6.96. The van der Waals surface area contributed by atoms with Crippen molar-refractivity contribution >= 4 is 21.8 Å². The number of ether oxygens (including phenoxy) is 2. The molecule has 0 bridgehead atoms. The molecule has 0 N–H and O–H groups in total.